The summed E-state index contributed by atoms with van der Waals surface area (Å²) in [5, 5.41) is 10.6. The number of thiophene rings is 1. The lowest BCUT2D eigenvalue weighted by atomic mass is 10.1. The Kier molecular flexibility index (Phi) is 4.44. The monoisotopic (exact) mass is 395 g/mol. The van der Waals surface area contributed by atoms with Gasteiger partial charge in [0.2, 0.25) is 0 Å². The van der Waals surface area contributed by atoms with Crippen LogP contribution in [-0.4, -0.2) is 50.7 Å². The second kappa shape index (κ2) is 6.97. The zero-order valence-electron chi connectivity index (χ0n) is 16.3. The van der Waals surface area contributed by atoms with E-state index >= 15 is 0 Å². The molecule has 1 amide bonds. The van der Waals surface area contributed by atoms with E-state index in [4.69, 9.17) is 4.98 Å². The van der Waals surface area contributed by atoms with Gasteiger partial charge in [0.25, 0.3) is 5.91 Å². The molecule has 0 bridgehead atoms. The van der Waals surface area contributed by atoms with Crippen LogP contribution in [0.25, 0.3) is 21.6 Å². The molecule has 146 valence electrons. The molecule has 1 unspecified atom stereocenters. The summed E-state index contributed by atoms with van der Waals surface area (Å²) in [6.07, 6.45) is 5.43. The first-order valence-electron chi connectivity index (χ1n) is 10.1. The van der Waals surface area contributed by atoms with Crippen LogP contribution >= 0.6 is 11.3 Å². The number of carbonyl (C=O) groups excluding carboxylic acids is 1. The van der Waals surface area contributed by atoms with E-state index in [1.54, 1.807) is 17.5 Å². The number of hydrogen-bond donors (Lipinski definition) is 1. The number of aromatic nitrogens is 3. The Labute approximate surface area is 168 Å². The van der Waals surface area contributed by atoms with Crippen molar-refractivity contribution in [3.8, 4) is 10.6 Å². The Hall–Kier alpha value is -2.25. The van der Waals surface area contributed by atoms with Gasteiger partial charge in [-0.15, -0.1) is 11.3 Å². The molecule has 0 radical (unpaired) electrons. The molecule has 1 N–H and O–H groups in total. The lowest BCUT2D eigenvalue weighted by Crippen LogP contribution is -2.37. The Morgan fingerprint density at radius 3 is 2.89 bits per heavy atom. The molecule has 2 fully saturated rings. The molecule has 1 saturated carbocycles. The fourth-order valence-electron chi connectivity index (χ4n) is 4.07. The van der Waals surface area contributed by atoms with Crippen LogP contribution < -0.4 is 5.32 Å². The zero-order chi connectivity index (χ0) is 19.3. The van der Waals surface area contributed by atoms with Crippen molar-refractivity contribution in [2.24, 2.45) is 0 Å². The predicted octanol–water partition coefficient (Wildman–Crippen LogP) is 3.71. The molecular formula is C21H25N5OS. The number of pyridine rings is 1. The van der Waals surface area contributed by atoms with Crippen LogP contribution in [0.15, 0.2) is 29.8 Å². The van der Waals surface area contributed by atoms with E-state index in [2.05, 4.69) is 29.2 Å². The molecule has 2 aliphatic rings. The second-order valence-electron chi connectivity index (χ2n) is 8.14. The van der Waals surface area contributed by atoms with Gasteiger partial charge in [0, 0.05) is 31.2 Å². The van der Waals surface area contributed by atoms with Crippen LogP contribution in [0.4, 0.5) is 0 Å². The van der Waals surface area contributed by atoms with Crippen molar-refractivity contribution in [3.63, 3.8) is 0 Å². The van der Waals surface area contributed by atoms with Gasteiger partial charge in [-0.2, -0.15) is 5.10 Å². The summed E-state index contributed by atoms with van der Waals surface area (Å²) < 4.78 is 1.90. The molecule has 3 aromatic rings. The largest absolute Gasteiger partial charge is 0.348 e. The number of amides is 1. The quantitative estimate of drug-likeness (QED) is 0.715. The molecule has 0 aromatic carbocycles. The summed E-state index contributed by atoms with van der Waals surface area (Å²) >= 11 is 1.63. The molecule has 6 nitrogen and oxygen atoms in total. The summed E-state index contributed by atoms with van der Waals surface area (Å²) in [4.78, 5) is 21.6. The van der Waals surface area contributed by atoms with E-state index in [1.165, 1.54) is 12.8 Å². The van der Waals surface area contributed by atoms with Gasteiger partial charge in [0.15, 0.2) is 5.65 Å². The third-order valence-corrected chi connectivity index (χ3v) is 6.58. The molecule has 0 spiro atoms. The minimum absolute atomic E-state index is 0.0174. The Morgan fingerprint density at radius 1 is 1.32 bits per heavy atom. The number of rotatable bonds is 5. The molecule has 5 rings (SSSR count). The summed E-state index contributed by atoms with van der Waals surface area (Å²) in [5.74, 6) is -0.0174. The smallest absolute Gasteiger partial charge is 0.252 e. The Bertz CT molecular complexity index is 1010. The molecule has 3 aromatic heterocycles. The van der Waals surface area contributed by atoms with E-state index in [0.29, 0.717) is 5.56 Å². The third-order valence-electron chi connectivity index (χ3n) is 5.69. The maximum Gasteiger partial charge on any atom is 0.252 e. The van der Waals surface area contributed by atoms with Crippen molar-refractivity contribution in [1.29, 1.82) is 0 Å². The van der Waals surface area contributed by atoms with Crippen molar-refractivity contribution in [2.75, 3.05) is 13.1 Å². The van der Waals surface area contributed by atoms with Crippen LogP contribution in [0.1, 0.15) is 49.5 Å². The predicted molar refractivity (Wildman–Crippen MR) is 112 cm³/mol. The first kappa shape index (κ1) is 17.8. The standard InChI is InChI=1S/C21H25N5OS/c1-13(2)26-20-17(11-22-26)16(10-18(24-20)19-4-3-9-28-19)21(27)23-14-7-8-25(12-14)15-5-6-15/h3-4,9-11,13-15H,5-8,12H2,1-2H3,(H,23,27). The lowest BCUT2D eigenvalue weighted by molar-refractivity contribution is 0.0939. The van der Waals surface area contributed by atoms with Gasteiger partial charge in [0.1, 0.15) is 0 Å². The SMILES string of the molecule is CC(C)n1ncc2c(C(=O)NC3CCN(C4CC4)C3)cc(-c3cccs3)nc21. The molecule has 7 heteroatoms. The van der Waals surface area contributed by atoms with Gasteiger partial charge in [-0.3, -0.25) is 9.69 Å². The summed E-state index contributed by atoms with van der Waals surface area (Å²) in [7, 11) is 0. The summed E-state index contributed by atoms with van der Waals surface area (Å²) in [6, 6.07) is 7.13. The number of fused-ring (bicyclic) bond motifs is 1. The van der Waals surface area contributed by atoms with Crippen LogP contribution in [0.5, 0.6) is 0 Å². The summed E-state index contributed by atoms with van der Waals surface area (Å²) in [5.41, 5.74) is 2.28. The number of nitrogens with one attached hydrogen (secondary N) is 1. The van der Waals surface area contributed by atoms with E-state index in [0.717, 1.165) is 47.2 Å². The fourth-order valence-corrected chi connectivity index (χ4v) is 4.76. The first-order chi connectivity index (χ1) is 13.6. The van der Waals surface area contributed by atoms with Gasteiger partial charge in [-0.25, -0.2) is 9.67 Å². The van der Waals surface area contributed by atoms with Crippen molar-refractivity contribution < 1.29 is 4.79 Å². The molecular weight excluding hydrogens is 370 g/mol. The third kappa shape index (κ3) is 3.22. The average molecular weight is 396 g/mol. The van der Waals surface area contributed by atoms with Crippen molar-refractivity contribution in [3.05, 3.63) is 35.3 Å². The Balaban J connectivity index is 1.49. The molecule has 4 heterocycles. The van der Waals surface area contributed by atoms with Gasteiger partial charge in [-0.1, -0.05) is 6.07 Å². The van der Waals surface area contributed by atoms with E-state index in [9.17, 15) is 4.79 Å². The van der Waals surface area contributed by atoms with Crippen LogP contribution in [0, 0.1) is 0 Å². The zero-order valence-corrected chi connectivity index (χ0v) is 17.1. The highest BCUT2D eigenvalue weighted by Crippen LogP contribution is 2.31. The lowest BCUT2D eigenvalue weighted by Gasteiger charge is -2.16. The molecule has 1 aliphatic heterocycles. The molecule has 1 aliphatic carbocycles. The van der Waals surface area contributed by atoms with Crippen LogP contribution in [-0.2, 0) is 0 Å². The topological polar surface area (TPSA) is 63.1 Å². The molecule has 1 atom stereocenters. The van der Waals surface area contributed by atoms with Crippen molar-refractivity contribution >= 4 is 28.3 Å². The second-order valence-corrected chi connectivity index (χ2v) is 9.09. The highest BCUT2D eigenvalue weighted by molar-refractivity contribution is 7.13. The average Bonchev–Trinajstić information content (AvgIpc) is 3.10. The van der Waals surface area contributed by atoms with Gasteiger partial charge in [0.05, 0.1) is 27.7 Å². The van der Waals surface area contributed by atoms with Crippen LogP contribution in [0.3, 0.4) is 0 Å². The number of nitrogens with zero attached hydrogens (tertiary/aromatic N) is 4. The molecule has 28 heavy (non-hydrogen) atoms. The van der Waals surface area contributed by atoms with Gasteiger partial charge in [-0.05, 0) is 50.6 Å². The highest BCUT2D eigenvalue weighted by Gasteiger charge is 2.35. The fraction of sp³-hybridized carbons (Fsp3) is 0.476. The van der Waals surface area contributed by atoms with E-state index in [-0.39, 0.29) is 18.0 Å². The maximum absolute atomic E-state index is 13.2. The van der Waals surface area contributed by atoms with Gasteiger partial charge >= 0.3 is 0 Å². The number of hydrogen-bond acceptors (Lipinski definition) is 5. The van der Waals surface area contributed by atoms with E-state index < -0.39 is 0 Å². The molecule has 1 saturated heterocycles. The van der Waals surface area contributed by atoms with Crippen molar-refractivity contribution in [1.82, 2.24) is 25.0 Å². The highest BCUT2D eigenvalue weighted by atomic mass is 32.1. The number of carbonyl (C=O) groups is 1. The minimum Gasteiger partial charge on any atom is -0.348 e. The normalized spacial score (nSPS) is 20.3. The van der Waals surface area contributed by atoms with Crippen LogP contribution in [0.2, 0.25) is 0 Å². The van der Waals surface area contributed by atoms with Gasteiger partial charge < -0.3 is 5.32 Å². The minimum atomic E-state index is -0.0174. The first-order valence-corrected chi connectivity index (χ1v) is 10.9. The van der Waals surface area contributed by atoms with Crippen molar-refractivity contribution in [2.45, 2.75) is 51.2 Å². The number of likely N-dealkylation sites (tertiary alicyclic amines) is 1. The maximum atomic E-state index is 13.2. The van der Waals surface area contributed by atoms with E-state index in [1.807, 2.05) is 28.3 Å². The Morgan fingerprint density at radius 2 is 2.18 bits per heavy atom. The summed E-state index contributed by atoms with van der Waals surface area (Å²) in [6.45, 7) is 6.22.